The van der Waals surface area contributed by atoms with Gasteiger partial charge in [0.05, 0.1) is 29.8 Å². The van der Waals surface area contributed by atoms with E-state index in [0.717, 1.165) is 27.7 Å². The number of hydrogen-bond acceptors (Lipinski definition) is 6. The maximum atomic E-state index is 14.0. The summed E-state index contributed by atoms with van der Waals surface area (Å²) in [5, 5.41) is 27.8. The zero-order valence-electron chi connectivity index (χ0n) is 21.3. The third-order valence-corrected chi connectivity index (χ3v) is 6.37. The van der Waals surface area contributed by atoms with Gasteiger partial charge >= 0.3 is 12.1 Å². The lowest BCUT2D eigenvalue weighted by Gasteiger charge is -2.35. The molecule has 1 aliphatic heterocycles. The van der Waals surface area contributed by atoms with Gasteiger partial charge < -0.3 is 19.7 Å². The number of carbonyl (C=O) groups is 2. The van der Waals surface area contributed by atoms with E-state index >= 15 is 0 Å². The van der Waals surface area contributed by atoms with E-state index in [2.05, 4.69) is 9.88 Å². The molecule has 41 heavy (non-hydrogen) atoms. The minimum absolute atomic E-state index is 0.0117. The smallest absolute Gasteiger partial charge is 0.490 e. The number of aromatic nitrogens is 2. The average molecular weight is 570 g/mol. The first-order valence-corrected chi connectivity index (χ1v) is 12.2. The standard InChI is InChI=1S/C26H22FN5O2.C2HF3O2/c27-24-10-18(4-5-20(24)12-28)14-31-17-29-13-21(31)15-30-8-9-32(26(34)16-30)25-3-1-2-19-6-7-22(33)11-23(19)25;3-2(4,5)1(6)7/h1-7,10-11,13,17,33H,8-9,14-16H2;(H,6,7). The second-order valence-electron chi connectivity index (χ2n) is 9.18. The summed E-state index contributed by atoms with van der Waals surface area (Å²) in [4.78, 5) is 30.0. The lowest BCUT2D eigenvalue weighted by Crippen LogP contribution is -2.50. The number of phenols is 1. The molecule has 0 radical (unpaired) electrons. The molecule has 13 heteroatoms. The number of carboxylic acids is 1. The van der Waals surface area contributed by atoms with Gasteiger partial charge in [0.25, 0.3) is 0 Å². The Morgan fingerprint density at radius 3 is 2.49 bits per heavy atom. The van der Waals surface area contributed by atoms with Crippen molar-refractivity contribution in [2.24, 2.45) is 0 Å². The number of carbonyl (C=O) groups excluding carboxylic acids is 1. The Kier molecular flexibility index (Phi) is 8.53. The van der Waals surface area contributed by atoms with Gasteiger partial charge in [-0.3, -0.25) is 9.69 Å². The maximum absolute atomic E-state index is 14.0. The molecule has 4 aromatic rings. The highest BCUT2D eigenvalue weighted by molar-refractivity contribution is 6.05. The molecule has 1 saturated heterocycles. The average Bonchev–Trinajstić information content (AvgIpc) is 3.34. The van der Waals surface area contributed by atoms with Crippen molar-refractivity contribution in [3.05, 3.63) is 89.8 Å². The van der Waals surface area contributed by atoms with E-state index in [4.69, 9.17) is 15.2 Å². The number of rotatable bonds is 5. The van der Waals surface area contributed by atoms with E-state index in [-0.39, 0.29) is 23.8 Å². The summed E-state index contributed by atoms with van der Waals surface area (Å²) in [7, 11) is 0. The van der Waals surface area contributed by atoms with Crippen LogP contribution in [0.1, 0.15) is 16.8 Å². The van der Waals surface area contributed by atoms with E-state index in [0.29, 0.717) is 26.2 Å². The van der Waals surface area contributed by atoms with Gasteiger partial charge in [0.2, 0.25) is 5.91 Å². The maximum Gasteiger partial charge on any atom is 0.490 e. The van der Waals surface area contributed by atoms with Gasteiger partial charge in [-0.25, -0.2) is 14.2 Å². The summed E-state index contributed by atoms with van der Waals surface area (Å²) in [6, 6.07) is 17.4. The number of alkyl halides is 3. The van der Waals surface area contributed by atoms with Crippen molar-refractivity contribution >= 4 is 28.3 Å². The van der Waals surface area contributed by atoms with Crippen LogP contribution in [0.15, 0.2) is 67.1 Å². The van der Waals surface area contributed by atoms with E-state index < -0.39 is 18.0 Å². The van der Waals surface area contributed by atoms with Gasteiger partial charge in [-0.15, -0.1) is 0 Å². The third kappa shape index (κ3) is 6.98. The van der Waals surface area contributed by atoms with Gasteiger partial charge in [0, 0.05) is 37.8 Å². The van der Waals surface area contributed by atoms with E-state index in [1.165, 1.54) is 12.1 Å². The second kappa shape index (κ2) is 12.1. The van der Waals surface area contributed by atoms with Crippen LogP contribution in [0.4, 0.5) is 23.2 Å². The van der Waals surface area contributed by atoms with Crippen LogP contribution in [0.2, 0.25) is 0 Å². The fraction of sp³-hybridized carbons (Fsp3) is 0.214. The molecule has 1 aliphatic rings. The van der Waals surface area contributed by atoms with Gasteiger partial charge in [0.1, 0.15) is 17.6 Å². The summed E-state index contributed by atoms with van der Waals surface area (Å²) in [5.41, 5.74) is 2.47. The van der Waals surface area contributed by atoms with Crippen LogP contribution < -0.4 is 4.90 Å². The van der Waals surface area contributed by atoms with Gasteiger partial charge in [-0.2, -0.15) is 18.4 Å². The Morgan fingerprint density at radius 1 is 1.07 bits per heavy atom. The Bertz CT molecular complexity index is 1630. The Hall–Kier alpha value is -4.96. The first-order valence-electron chi connectivity index (χ1n) is 12.2. The number of benzene rings is 3. The summed E-state index contributed by atoms with van der Waals surface area (Å²) >= 11 is 0. The minimum atomic E-state index is -5.08. The molecule has 9 nitrogen and oxygen atoms in total. The fourth-order valence-electron chi connectivity index (χ4n) is 4.39. The lowest BCUT2D eigenvalue weighted by molar-refractivity contribution is -0.192. The van der Waals surface area contributed by atoms with Gasteiger partial charge in [-0.1, -0.05) is 24.3 Å². The molecule has 1 fully saturated rings. The van der Waals surface area contributed by atoms with Crippen molar-refractivity contribution in [2.75, 3.05) is 24.5 Å². The molecule has 2 heterocycles. The topological polar surface area (TPSA) is 123 Å². The summed E-state index contributed by atoms with van der Waals surface area (Å²) < 4.78 is 47.6. The number of fused-ring (bicyclic) bond motifs is 1. The molecule has 3 aromatic carbocycles. The molecule has 0 spiro atoms. The quantitative estimate of drug-likeness (QED) is 0.344. The molecule has 0 aliphatic carbocycles. The van der Waals surface area contributed by atoms with E-state index in [1.807, 2.05) is 34.9 Å². The number of imidazole rings is 1. The number of piperazine rings is 1. The van der Waals surface area contributed by atoms with E-state index in [9.17, 15) is 27.5 Å². The van der Waals surface area contributed by atoms with Gasteiger partial charge in [-0.05, 0) is 41.3 Å². The first-order chi connectivity index (χ1) is 19.5. The number of aromatic hydroxyl groups is 1. The summed E-state index contributed by atoms with van der Waals surface area (Å²) in [5.74, 6) is -3.14. The molecule has 2 N–H and O–H groups in total. The Labute approximate surface area is 231 Å². The Balaban J connectivity index is 0.000000493. The third-order valence-electron chi connectivity index (χ3n) is 6.37. The molecule has 0 saturated carbocycles. The molecule has 0 atom stereocenters. The highest BCUT2D eigenvalue weighted by atomic mass is 19.4. The van der Waals surface area contributed by atoms with Crippen LogP contribution in [0.5, 0.6) is 5.75 Å². The number of aliphatic carboxylic acids is 1. The first kappa shape index (κ1) is 29.0. The van der Waals surface area contributed by atoms with Gasteiger partial charge in [0.15, 0.2) is 0 Å². The number of anilines is 1. The molecule has 212 valence electrons. The van der Waals surface area contributed by atoms with Crippen LogP contribution in [0.25, 0.3) is 10.8 Å². The van der Waals surface area contributed by atoms with Crippen LogP contribution in [0.3, 0.4) is 0 Å². The number of carboxylic acid groups (broad SMARTS) is 1. The molecule has 1 amide bonds. The van der Waals surface area contributed by atoms with Crippen molar-refractivity contribution in [3.63, 3.8) is 0 Å². The second-order valence-corrected chi connectivity index (χ2v) is 9.18. The zero-order chi connectivity index (χ0) is 29.7. The van der Waals surface area contributed by atoms with Crippen molar-refractivity contribution in [1.82, 2.24) is 14.5 Å². The predicted molar refractivity (Wildman–Crippen MR) is 139 cm³/mol. The van der Waals surface area contributed by atoms with Crippen molar-refractivity contribution in [2.45, 2.75) is 19.3 Å². The summed E-state index contributed by atoms with van der Waals surface area (Å²) in [6.45, 7) is 2.42. The van der Waals surface area contributed by atoms with E-state index in [1.54, 1.807) is 35.6 Å². The highest BCUT2D eigenvalue weighted by Crippen LogP contribution is 2.31. The monoisotopic (exact) mass is 569 g/mol. The largest absolute Gasteiger partial charge is 0.508 e. The molecule has 5 rings (SSSR count). The Morgan fingerprint density at radius 2 is 1.83 bits per heavy atom. The molecular formula is C28H23F4N5O4. The molecule has 0 bridgehead atoms. The van der Waals surface area contributed by atoms with Crippen molar-refractivity contribution < 1.29 is 37.4 Å². The van der Waals surface area contributed by atoms with Crippen LogP contribution in [-0.2, 0) is 22.7 Å². The highest BCUT2D eigenvalue weighted by Gasteiger charge is 2.38. The van der Waals surface area contributed by atoms with Crippen molar-refractivity contribution in [1.29, 1.82) is 5.26 Å². The normalized spacial score (nSPS) is 13.9. The summed E-state index contributed by atoms with van der Waals surface area (Å²) in [6.07, 6.45) is -1.64. The number of amides is 1. The molecular weight excluding hydrogens is 546 g/mol. The number of halogens is 4. The lowest BCUT2D eigenvalue weighted by atomic mass is 10.1. The SMILES string of the molecule is N#Cc1ccc(Cn2cncc2CN2CCN(c3cccc4ccc(O)cc34)C(=O)C2)cc1F.O=C(O)C(F)(F)F. The molecule has 0 unspecified atom stereocenters. The number of nitrogens with zero attached hydrogens (tertiary/aromatic N) is 5. The number of phenolic OH excluding ortho intramolecular Hbond substituents is 1. The van der Waals surface area contributed by atoms with Crippen LogP contribution in [0, 0.1) is 17.1 Å². The zero-order valence-corrected chi connectivity index (χ0v) is 21.3. The minimum Gasteiger partial charge on any atom is -0.508 e. The number of hydrogen-bond donors (Lipinski definition) is 2. The van der Waals surface area contributed by atoms with Crippen LogP contribution in [-0.4, -0.2) is 62.4 Å². The predicted octanol–water partition coefficient (Wildman–Crippen LogP) is 4.28. The van der Waals surface area contributed by atoms with Crippen LogP contribution >= 0.6 is 0 Å². The number of nitriles is 1. The van der Waals surface area contributed by atoms with Crippen molar-refractivity contribution in [3.8, 4) is 11.8 Å². The molecule has 1 aromatic heterocycles. The fourth-order valence-corrected chi connectivity index (χ4v) is 4.39.